The maximum Gasteiger partial charge on any atom is 0.0180 e. The fourth-order valence-electron chi connectivity index (χ4n) is 2.00. The number of nitrogens with zero attached hydrogens (tertiary/aromatic N) is 1. The van der Waals surface area contributed by atoms with Crippen molar-refractivity contribution >= 4 is 0 Å². The van der Waals surface area contributed by atoms with E-state index in [0.29, 0.717) is 6.54 Å². The highest BCUT2D eigenvalue weighted by atomic mass is 15.1. The molecule has 0 heterocycles. The molecule has 2 rings (SSSR count). The van der Waals surface area contributed by atoms with Crippen LogP contribution in [0, 0.1) is 0 Å². The van der Waals surface area contributed by atoms with Crippen LogP contribution in [0.4, 0.5) is 0 Å². The summed E-state index contributed by atoms with van der Waals surface area (Å²) in [5.74, 6) is 0. The van der Waals surface area contributed by atoms with E-state index in [0.717, 1.165) is 19.0 Å². The van der Waals surface area contributed by atoms with Gasteiger partial charge in [-0.1, -0.05) is 24.3 Å². The maximum absolute atomic E-state index is 5.72. The average molecular weight is 204 g/mol. The third-order valence-electron chi connectivity index (χ3n) is 3.24. The maximum atomic E-state index is 5.72. The van der Waals surface area contributed by atoms with E-state index in [4.69, 9.17) is 5.73 Å². The molecule has 2 nitrogen and oxygen atoms in total. The second-order valence-corrected chi connectivity index (χ2v) is 4.43. The van der Waals surface area contributed by atoms with Crippen LogP contribution in [0.2, 0.25) is 0 Å². The van der Waals surface area contributed by atoms with Gasteiger partial charge < -0.3 is 10.6 Å². The Morgan fingerprint density at radius 3 is 2.53 bits per heavy atom. The van der Waals surface area contributed by atoms with Crippen LogP contribution in [0.25, 0.3) is 0 Å². The molecule has 1 aliphatic rings. The van der Waals surface area contributed by atoms with Crippen LogP contribution in [-0.2, 0) is 13.0 Å². The topological polar surface area (TPSA) is 29.3 Å². The first kappa shape index (κ1) is 10.7. The highest BCUT2D eigenvalue weighted by molar-refractivity contribution is 5.27. The van der Waals surface area contributed by atoms with Gasteiger partial charge in [0.1, 0.15) is 0 Å². The lowest BCUT2D eigenvalue weighted by Gasteiger charge is -2.16. The van der Waals surface area contributed by atoms with E-state index in [9.17, 15) is 0 Å². The summed E-state index contributed by atoms with van der Waals surface area (Å²) in [6.07, 6.45) is 3.89. The fraction of sp³-hybridized carbons (Fsp3) is 0.538. The van der Waals surface area contributed by atoms with Crippen LogP contribution in [-0.4, -0.2) is 24.5 Å². The Balaban J connectivity index is 1.91. The van der Waals surface area contributed by atoms with Gasteiger partial charge in [0, 0.05) is 19.1 Å². The summed E-state index contributed by atoms with van der Waals surface area (Å²) < 4.78 is 0. The summed E-state index contributed by atoms with van der Waals surface area (Å²) in [7, 11) is 2.22. The molecule has 1 aromatic rings. The monoisotopic (exact) mass is 204 g/mol. The van der Waals surface area contributed by atoms with Crippen LogP contribution in [0.15, 0.2) is 24.3 Å². The first-order valence-electron chi connectivity index (χ1n) is 5.78. The van der Waals surface area contributed by atoms with Crippen molar-refractivity contribution in [3.05, 3.63) is 35.4 Å². The summed E-state index contributed by atoms with van der Waals surface area (Å²) in [5, 5.41) is 0. The second-order valence-electron chi connectivity index (χ2n) is 4.43. The van der Waals surface area contributed by atoms with Crippen LogP contribution in [0.1, 0.15) is 24.0 Å². The van der Waals surface area contributed by atoms with Crippen molar-refractivity contribution in [2.45, 2.75) is 31.8 Å². The number of hydrogen-bond donors (Lipinski definition) is 1. The average Bonchev–Trinajstić information content (AvgIpc) is 3.10. The van der Waals surface area contributed by atoms with E-state index in [-0.39, 0.29) is 0 Å². The lowest BCUT2D eigenvalue weighted by molar-refractivity contribution is 0.328. The zero-order chi connectivity index (χ0) is 10.7. The number of nitrogens with two attached hydrogens (primary N) is 1. The highest BCUT2D eigenvalue weighted by Gasteiger charge is 2.25. The first-order valence-corrected chi connectivity index (χ1v) is 5.78. The van der Waals surface area contributed by atoms with Gasteiger partial charge in [0.15, 0.2) is 0 Å². The normalized spacial score (nSPS) is 15.9. The molecule has 0 atom stereocenters. The molecule has 82 valence electrons. The molecule has 0 aliphatic heterocycles. The predicted molar refractivity (Wildman–Crippen MR) is 63.7 cm³/mol. The van der Waals surface area contributed by atoms with Crippen molar-refractivity contribution in [3.63, 3.8) is 0 Å². The van der Waals surface area contributed by atoms with Crippen molar-refractivity contribution in [1.82, 2.24) is 4.90 Å². The minimum atomic E-state index is 0.656. The van der Waals surface area contributed by atoms with Crippen LogP contribution in [0.3, 0.4) is 0 Å². The Morgan fingerprint density at radius 1 is 1.27 bits per heavy atom. The Hall–Kier alpha value is -0.860. The molecular formula is C13H20N2. The largest absolute Gasteiger partial charge is 0.326 e. The molecule has 0 amide bonds. The van der Waals surface area contributed by atoms with Gasteiger partial charge in [-0.3, -0.25) is 0 Å². The van der Waals surface area contributed by atoms with Gasteiger partial charge in [-0.05, 0) is 37.4 Å². The Bertz CT molecular complexity index is 318. The van der Waals surface area contributed by atoms with E-state index < -0.39 is 0 Å². The van der Waals surface area contributed by atoms with Crippen molar-refractivity contribution < 1.29 is 0 Å². The molecule has 1 saturated carbocycles. The molecule has 0 bridgehead atoms. The quantitative estimate of drug-likeness (QED) is 0.792. The van der Waals surface area contributed by atoms with E-state index in [1.165, 1.54) is 24.0 Å². The summed E-state index contributed by atoms with van der Waals surface area (Å²) in [5.41, 5.74) is 8.42. The molecule has 1 aliphatic carbocycles. The lowest BCUT2D eigenvalue weighted by Crippen LogP contribution is -2.23. The van der Waals surface area contributed by atoms with Gasteiger partial charge in [0.2, 0.25) is 0 Å². The van der Waals surface area contributed by atoms with Crippen molar-refractivity contribution in [2.75, 3.05) is 13.6 Å². The molecule has 0 radical (unpaired) electrons. The van der Waals surface area contributed by atoms with Crippen molar-refractivity contribution in [1.29, 1.82) is 0 Å². The number of hydrogen-bond acceptors (Lipinski definition) is 2. The molecule has 1 aromatic carbocycles. The van der Waals surface area contributed by atoms with Crippen LogP contribution in [0.5, 0.6) is 0 Å². The zero-order valence-corrected chi connectivity index (χ0v) is 9.45. The Morgan fingerprint density at radius 2 is 1.93 bits per heavy atom. The summed E-state index contributed by atoms with van der Waals surface area (Å²) in [6, 6.07) is 9.35. The van der Waals surface area contributed by atoms with Crippen molar-refractivity contribution in [2.24, 2.45) is 5.73 Å². The molecule has 0 saturated heterocycles. The summed E-state index contributed by atoms with van der Waals surface area (Å²) >= 11 is 0. The van der Waals surface area contributed by atoms with E-state index in [1.807, 2.05) is 0 Å². The molecule has 0 spiro atoms. The molecule has 15 heavy (non-hydrogen) atoms. The lowest BCUT2D eigenvalue weighted by atomic mass is 10.0. The van der Waals surface area contributed by atoms with Crippen LogP contribution < -0.4 is 5.73 Å². The minimum absolute atomic E-state index is 0.656. The Labute approximate surface area is 92.1 Å². The van der Waals surface area contributed by atoms with Gasteiger partial charge >= 0.3 is 0 Å². The summed E-state index contributed by atoms with van der Waals surface area (Å²) in [4.78, 5) is 2.47. The number of rotatable bonds is 5. The number of benzene rings is 1. The zero-order valence-electron chi connectivity index (χ0n) is 9.45. The predicted octanol–water partition coefficient (Wildman–Crippen LogP) is 1.78. The smallest absolute Gasteiger partial charge is 0.0180 e. The van der Waals surface area contributed by atoms with E-state index in [1.54, 1.807) is 0 Å². The Kier molecular flexibility index (Phi) is 3.39. The SMILES string of the molecule is CN(CCc1ccccc1CN)C1CC1. The van der Waals surface area contributed by atoms with Gasteiger partial charge in [-0.2, -0.15) is 0 Å². The highest BCUT2D eigenvalue weighted by Crippen LogP contribution is 2.25. The second kappa shape index (κ2) is 4.77. The van der Waals surface area contributed by atoms with Gasteiger partial charge in [0.25, 0.3) is 0 Å². The van der Waals surface area contributed by atoms with E-state index in [2.05, 4.69) is 36.2 Å². The fourth-order valence-corrected chi connectivity index (χ4v) is 2.00. The number of likely N-dealkylation sites (N-methyl/N-ethyl adjacent to an activating group) is 1. The minimum Gasteiger partial charge on any atom is -0.326 e. The van der Waals surface area contributed by atoms with Crippen molar-refractivity contribution in [3.8, 4) is 0 Å². The van der Waals surface area contributed by atoms with Gasteiger partial charge in [-0.15, -0.1) is 0 Å². The third kappa shape index (κ3) is 2.80. The van der Waals surface area contributed by atoms with Gasteiger partial charge in [0.05, 0.1) is 0 Å². The standard InChI is InChI=1S/C13H20N2/c1-15(13-6-7-13)9-8-11-4-2-3-5-12(11)10-14/h2-5,13H,6-10,14H2,1H3. The van der Waals surface area contributed by atoms with Crippen LogP contribution >= 0.6 is 0 Å². The molecule has 0 unspecified atom stereocenters. The first-order chi connectivity index (χ1) is 7.31. The van der Waals surface area contributed by atoms with E-state index >= 15 is 0 Å². The molecule has 0 aromatic heterocycles. The summed E-state index contributed by atoms with van der Waals surface area (Å²) in [6.45, 7) is 1.81. The third-order valence-corrected chi connectivity index (χ3v) is 3.24. The molecule has 2 heteroatoms. The molecule has 2 N–H and O–H groups in total. The van der Waals surface area contributed by atoms with Gasteiger partial charge in [-0.25, -0.2) is 0 Å². The molecule has 1 fully saturated rings. The molecular weight excluding hydrogens is 184 g/mol.